The van der Waals surface area contributed by atoms with E-state index in [1.165, 1.54) is 11.1 Å². The molecule has 0 heterocycles. The van der Waals surface area contributed by atoms with Gasteiger partial charge in [0.15, 0.2) is 11.9 Å². The van der Waals surface area contributed by atoms with Crippen LogP contribution in [0, 0.1) is 47.4 Å². The number of hydrogen-bond donors (Lipinski definition) is 6. The van der Waals surface area contributed by atoms with Gasteiger partial charge in [-0.25, -0.2) is 0 Å². The minimum atomic E-state index is 0. The number of hydrogen-bond acceptors (Lipinski definition) is 4. The molecule has 6 aromatic carbocycles. The highest BCUT2D eigenvalue weighted by molar-refractivity contribution is 9.11. The van der Waals surface area contributed by atoms with Crippen LogP contribution in [0.1, 0.15) is 74.2 Å². The summed E-state index contributed by atoms with van der Waals surface area (Å²) in [4.78, 5) is 8.08. The molecule has 12 heteroatoms. The summed E-state index contributed by atoms with van der Waals surface area (Å²) in [7, 11) is 0. The summed E-state index contributed by atoms with van der Waals surface area (Å²) in [5.74, 6) is 26.1. The first-order chi connectivity index (χ1) is 31.8. The lowest BCUT2D eigenvalue weighted by Crippen LogP contribution is -2.23. The van der Waals surface area contributed by atoms with Gasteiger partial charge < -0.3 is 34.4 Å². The summed E-state index contributed by atoms with van der Waals surface area (Å²) in [6, 6.07) is 40.4. The molecule has 0 spiro atoms. The molecule has 0 saturated heterocycles. The maximum absolute atomic E-state index is 5.67. The number of guanidine groups is 2. The van der Waals surface area contributed by atoms with Crippen LogP contribution in [0.5, 0.6) is 0 Å². The second-order valence-electron chi connectivity index (χ2n) is 14.7. The van der Waals surface area contributed by atoms with Crippen molar-refractivity contribution >= 4 is 75.6 Å². The van der Waals surface area contributed by atoms with Gasteiger partial charge in [-0.1, -0.05) is 131 Å². The zero-order valence-electron chi connectivity index (χ0n) is 36.1. The predicted octanol–water partition coefficient (Wildman–Crippen LogP) is 9.29. The van der Waals surface area contributed by atoms with Gasteiger partial charge >= 0.3 is 0 Å². The smallest absolute Gasteiger partial charge is 0.185 e. The first-order valence-corrected chi connectivity index (χ1v) is 24.0. The van der Waals surface area contributed by atoms with Crippen molar-refractivity contribution in [3.63, 3.8) is 0 Å². The molecule has 8 nitrogen and oxygen atoms in total. The quantitative estimate of drug-likeness (QED) is 0.0452. The van der Waals surface area contributed by atoms with E-state index in [2.05, 4.69) is 145 Å². The number of benzene rings is 6. The molecular formula is C55H52Br4N8. The van der Waals surface area contributed by atoms with Crippen LogP contribution < -0.4 is 34.4 Å². The minimum absolute atomic E-state index is 0. The van der Waals surface area contributed by atoms with Gasteiger partial charge in [0.1, 0.15) is 0 Å². The van der Waals surface area contributed by atoms with Crippen molar-refractivity contribution in [2.75, 3.05) is 26.2 Å². The highest BCUT2D eigenvalue weighted by Crippen LogP contribution is 2.20. The van der Waals surface area contributed by atoms with Crippen LogP contribution >= 0.6 is 63.7 Å². The average Bonchev–Trinajstić information content (AvgIpc) is 3.26. The molecule has 67 heavy (non-hydrogen) atoms. The topological polar surface area (TPSA) is 181 Å². The van der Waals surface area contributed by atoms with Crippen LogP contribution in [0.2, 0.25) is 0 Å². The summed E-state index contributed by atoms with van der Waals surface area (Å²) >= 11 is 14.2. The Labute approximate surface area is 429 Å². The van der Waals surface area contributed by atoms with Crippen molar-refractivity contribution in [3.05, 3.63) is 206 Å². The molecule has 12 N–H and O–H groups in total. The van der Waals surface area contributed by atoms with Crippen molar-refractivity contribution in [2.24, 2.45) is 44.4 Å². The van der Waals surface area contributed by atoms with E-state index in [-0.39, 0.29) is 19.3 Å². The minimum Gasteiger partial charge on any atom is -0.370 e. The van der Waals surface area contributed by atoms with E-state index < -0.39 is 0 Å². The molecular weight excluding hydrogens is 1090 g/mol. The lowest BCUT2D eigenvalue weighted by molar-refractivity contribution is 0.960. The maximum atomic E-state index is 5.67. The first kappa shape index (κ1) is 53.6. The van der Waals surface area contributed by atoms with Crippen molar-refractivity contribution in [3.8, 4) is 47.4 Å². The summed E-state index contributed by atoms with van der Waals surface area (Å²) in [6.45, 7) is 2.30. The van der Waals surface area contributed by atoms with Crippen LogP contribution in [-0.4, -0.2) is 38.1 Å². The van der Waals surface area contributed by atoms with Gasteiger partial charge in [-0.2, -0.15) is 0 Å². The van der Waals surface area contributed by atoms with E-state index in [1.807, 2.05) is 97.1 Å². The SMILES string of the molecule is C.NC(N)=NCCc1cc(Br)cc(C#Cc2cccc(C#Cc3cc(Br)cc(CCN=C(N)N)c3)c2)c1.NCCc1cc(Br)cc(C#Cc2cccc(C#Cc3cc(Br)cc(CCN)c3)c2)c1. The van der Waals surface area contributed by atoms with E-state index in [0.29, 0.717) is 26.2 Å². The van der Waals surface area contributed by atoms with Crippen LogP contribution in [-0.2, 0) is 25.7 Å². The third kappa shape index (κ3) is 20.1. The molecule has 0 saturated carbocycles. The Morgan fingerprint density at radius 3 is 0.866 bits per heavy atom. The highest BCUT2D eigenvalue weighted by Gasteiger charge is 2.02. The number of nitrogens with zero attached hydrogens (tertiary/aromatic N) is 2. The van der Waals surface area contributed by atoms with Gasteiger partial charge in [0.2, 0.25) is 0 Å². The molecule has 0 bridgehead atoms. The summed E-state index contributed by atoms with van der Waals surface area (Å²) in [5.41, 5.74) is 44.9. The lowest BCUT2D eigenvalue weighted by Gasteiger charge is -2.02. The standard InChI is InChI=1S/C28H26Br2N6.C26H22Br2N2.CH4/c29-25-15-21(13-23(17-25)8-10-35-27(31)32)6-4-19-2-1-3-20(12-19)5-7-22-14-24(18-26(30)16-22)9-11-36-28(33)34;27-25-15-21(13-23(17-25)8-10-29)6-4-19-2-1-3-20(12-19)5-7-22-14-24(9-11-30)18-26(28)16-22;/h1-3,12-18H,8-11H2,(H4,31,32,35)(H4,33,34,36);1-3,12-18H,8-11,29-30H2;1H4. The van der Waals surface area contributed by atoms with Crippen LogP contribution in [0.4, 0.5) is 0 Å². The molecule has 0 unspecified atom stereocenters. The third-order valence-electron chi connectivity index (χ3n) is 9.22. The second-order valence-corrected chi connectivity index (χ2v) is 18.4. The molecule has 0 fully saturated rings. The normalized spacial score (nSPS) is 9.76. The summed E-state index contributed by atoms with van der Waals surface area (Å²) in [5, 5.41) is 0. The fraction of sp³-hybridized carbons (Fsp3) is 0.164. The Kier molecular flexibility index (Phi) is 22.5. The first-order valence-electron chi connectivity index (χ1n) is 20.8. The van der Waals surface area contributed by atoms with Gasteiger partial charge in [0.05, 0.1) is 0 Å². The largest absolute Gasteiger partial charge is 0.370 e. The molecule has 340 valence electrons. The van der Waals surface area contributed by atoms with E-state index in [4.69, 9.17) is 34.4 Å². The van der Waals surface area contributed by atoms with E-state index in [9.17, 15) is 0 Å². The Balaban J connectivity index is 0.000000293. The fourth-order valence-electron chi connectivity index (χ4n) is 6.36. The predicted molar refractivity (Wildman–Crippen MR) is 294 cm³/mol. The summed E-state index contributed by atoms with van der Waals surface area (Å²) in [6.07, 6.45) is 3.12. The molecule has 0 aromatic heterocycles. The van der Waals surface area contributed by atoms with Crippen LogP contribution in [0.15, 0.2) is 149 Å². The molecule has 0 aliphatic carbocycles. The van der Waals surface area contributed by atoms with Crippen molar-refractivity contribution in [1.82, 2.24) is 0 Å². The van der Waals surface area contributed by atoms with Gasteiger partial charge in [-0.05, 0) is 170 Å². The van der Waals surface area contributed by atoms with E-state index >= 15 is 0 Å². The zero-order chi connectivity index (χ0) is 47.3. The van der Waals surface area contributed by atoms with E-state index in [0.717, 1.165) is 99.2 Å². The molecule has 0 atom stereocenters. The zero-order valence-corrected chi connectivity index (χ0v) is 42.4. The Bertz CT molecular complexity index is 2790. The molecule has 6 aromatic rings. The Morgan fingerprint density at radius 2 is 0.612 bits per heavy atom. The molecule has 6 rings (SSSR count). The molecule has 0 radical (unpaired) electrons. The number of nitrogens with two attached hydrogens (primary N) is 6. The second kappa shape index (κ2) is 28.2. The average molecular weight is 1140 g/mol. The monoisotopic (exact) mass is 1140 g/mol. The van der Waals surface area contributed by atoms with Crippen molar-refractivity contribution < 1.29 is 0 Å². The summed E-state index contributed by atoms with van der Waals surface area (Å²) < 4.78 is 3.95. The van der Waals surface area contributed by atoms with Crippen LogP contribution in [0.25, 0.3) is 0 Å². The number of rotatable bonds is 10. The third-order valence-corrected chi connectivity index (χ3v) is 11.0. The Hall–Kier alpha value is -6.06. The van der Waals surface area contributed by atoms with Gasteiger partial charge in [-0.3, -0.25) is 9.98 Å². The molecule has 0 aliphatic heterocycles. The molecule has 0 amide bonds. The van der Waals surface area contributed by atoms with Gasteiger partial charge in [0.25, 0.3) is 0 Å². The number of halogens is 4. The van der Waals surface area contributed by atoms with E-state index in [1.54, 1.807) is 0 Å². The number of aliphatic imine (C=N–C) groups is 2. The van der Waals surface area contributed by atoms with Gasteiger partial charge in [-0.15, -0.1) is 0 Å². The fourth-order valence-corrected chi connectivity index (χ4v) is 8.52. The van der Waals surface area contributed by atoms with Crippen LogP contribution in [0.3, 0.4) is 0 Å². The lowest BCUT2D eigenvalue weighted by atomic mass is 10.1. The van der Waals surface area contributed by atoms with Crippen molar-refractivity contribution in [1.29, 1.82) is 0 Å². The van der Waals surface area contributed by atoms with Crippen molar-refractivity contribution in [2.45, 2.75) is 33.1 Å². The maximum Gasteiger partial charge on any atom is 0.185 e. The highest BCUT2D eigenvalue weighted by atomic mass is 79.9. The molecule has 0 aliphatic rings. The Morgan fingerprint density at radius 1 is 0.358 bits per heavy atom. The van der Waals surface area contributed by atoms with Gasteiger partial charge in [0, 0.05) is 75.5 Å².